The summed E-state index contributed by atoms with van der Waals surface area (Å²) in [6, 6.07) is 69.1. The van der Waals surface area contributed by atoms with E-state index in [-0.39, 0.29) is 5.41 Å². The van der Waals surface area contributed by atoms with Gasteiger partial charge in [0.2, 0.25) is 5.89 Å². The molecule has 2 aromatic heterocycles. The summed E-state index contributed by atoms with van der Waals surface area (Å²) in [5.41, 5.74) is 16.8. The molecule has 284 valence electrons. The largest absolute Gasteiger partial charge is 0.456 e. The molecular formula is C56H38N2O2. The van der Waals surface area contributed by atoms with Gasteiger partial charge in [0.15, 0.2) is 5.58 Å². The second-order valence-corrected chi connectivity index (χ2v) is 16.3. The standard InChI is InChI=1S/C56H38N2O2/c1-56(2)45-19-10-8-17-43(45)52-46(56)20-12-21-48(52)58(41-29-25-36(26-30-41)40-24-23-35-13-6-7-16-39(35)33-40)42-31-27-37(28-32-42)51-53-44-18-9-11-22-49(44)59-50(53)34-47-54(51)60-55(57-47)38-14-4-3-5-15-38/h3-34H,1-2H3. The molecule has 11 aromatic rings. The minimum absolute atomic E-state index is 0.134. The van der Waals surface area contributed by atoms with E-state index in [1.54, 1.807) is 0 Å². The van der Waals surface area contributed by atoms with Gasteiger partial charge in [-0.1, -0.05) is 147 Å². The molecule has 0 atom stereocenters. The Bertz CT molecular complexity index is 3450. The molecule has 0 fully saturated rings. The number of hydrogen-bond acceptors (Lipinski definition) is 4. The molecule has 12 rings (SSSR count). The number of anilines is 3. The van der Waals surface area contributed by atoms with E-state index in [0.29, 0.717) is 5.89 Å². The minimum Gasteiger partial charge on any atom is -0.456 e. The molecule has 0 amide bonds. The van der Waals surface area contributed by atoms with Crippen LogP contribution in [0.15, 0.2) is 203 Å². The zero-order chi connectivity index (χ0) is 40.0. The number of nitrogens with zero attached hydrogens (tertiary/aromatic N) is 2. The van der Waals surface area contributed by atoms with Crippen LogP contribution in [0, 0.1) is 0 Å². The van der Waals surface area contributed by atoms with Gasteiger partial charge in [-0.05, 0) is 98.8 Å². The van der Waals surface area contributed by atoms with Crippen molar-refractivity contribution < 1.29 is 8.83 Å². The second kappa shape index (κ2) is 13.2. The zero-order valence-electron chi connectivity index (χ0n) is 33.2. The summed E-state index contributed by atoms with van der Waals surface area (Å²) in [4.78, 5) is 7.40. The number of para-hydroxylation sites is 1. The highest BCUT2D eigenvalue weighted by molar-refractivity contribution is 6.19. The summed E-state index contributed by atoms with van der Waals surface area (Å²) < 4.78 is 13.2. The van der Waals surface area contributed by atoms with Gasteiger partial charge in [0, 0.05) is 50.3 Å². The van der Waals surface area contributed by atoms with Gasteiger partial charge >= 0.3 is 0 Å². The molecule has 0 radical (unpaired) electrons. The molecule has 1 aliphatic carbocycles. The van der Waals surface area contributed by atoms with E-state index in [1.165, 1.54) is 44.2 Å². The van der Waals surface area contributed by atoms with E-state index in [4.69, 9.17) is 13.8 Å². The molecule has 9 aromatic carbocycles. The highest BCUT2D eigenvalue weighted by Gasteiger charge is 2.37. The summed E-state index contributed by atoms with van der Waals surface area (Å²) in [6.07, 6.45) is 0. The van der Waals surface area contributed by atoms with Crippen molar-refractivity contribution in [3.63, 3.8) is 0 Å². The Kier molecular flexibility index (Phi) is 7.54. The van der Waals surface area contributed by atoms with E-state index in [0.717, 1.165) is 66.8 Å². The van der Waals surface area contributed by atoms with Crippen molar-refractivity contribution in [2.75, 3.05) is 4.90 Å². The summed E-state index contributed by atoms with van der Waals surface area (Å²) in [7, 11) is 0. The highest BCUT2D eigenvalue weighted by atomic mass is 16.4. The van der Waals surface area contributed by atoms with Crippen LogP contribution >= 0.6 is 0 Å². The topological polar surface area (TPSA) is 42.4 Å². The number of aromatic nitrogens is 1. The Labute approximate surface area is 347 Å². The Morgan fingerprint density at radius 2 is 1.13 bits per heavy atom. The number of oxazole rings is 1. The van der Waals surface area contributed by atoms with Gasteiger partial charge in [0.05, 0.1) is 5.69 Å². The lowest BCUT2D eigenvalue weighted by Crippen LogP contribution is -2.16. The van der Waals surface area contributed by atoms with E-state index < -0.39 is 0 Å². The maximum atomic E-state index is 6.69. The average Bonchev–Trinajstić information content (AvgIpc) is 3.97. The molecule has 4 heteroatoms. The fourth-order valence-corrected chi connectivity index (χ4v) is 9.55. The van der Waals surface area contributed by atoms with Gasteiger partial charge in [-0.25, -0.2) is 4.98 Å². The first-order valence-electron chi connectivity index (χ1n) is 20.5. The molecule has 0 N–H and O–H groups in total. The number of furan rings is 1. The normalized spacial score (nSPS) is 13.0. The molecule has 0 spiro atoms. The van der Waals surface area contributed by atoms with Crippen LogP contribution in [0.5, 0.6) is 0 Å². The van der Waals surface area contributed by atoms with Crippen LogP contribution in [-0.2, 0) is 5.41 Å². The Hall–Kier alpha value is -7.69. The lowest BCUT2D eigenvalue weighted by atomic mass is 9.82. The second-order valence-electron chi connectivity index (χ2n) is 16.3. The summed E-state index contributed by atoms with van der Waals surface area (Å²) >= 11 is 0. The number of hydrogen-bond donors (Lipinski definition) is 0. The van der Waals surface area contributed by atoms with Crippen LogP contribution in [0.25, 0.3) is 88.6 Å². The fraction of sp³-hybridized carbons (Fsp3) is 0.0536. The molecule has 0 unspecified atom stereocenters. The van der Waals surface area contributed by atoms with Crippen molar-refractivity contribution in [1.29, 1.82) is 0 Å². The lowest BCUT2D eigenvalue weighted by molar-refractivity contribution is 0.621. The third-order valence-corrected chi connectivity index (χ3v) is 12.5. The van der Waals surface area contributed by atoms with E-state index in [9.17, 15) is 0 Å². The first-order valence-corrected chi connectivity index (χ1v) is 20.5. The molecule has 60 heavy (non-hydrogen) atoms. The smallest absolute Gasteiger partial charge is 0.227 e. The SMILES string of the molecule is CC1(C)c2ccccc2-c2c(N(c3ccc(-c4ccc5ccccc5c4)cc3)c3ccc(-c4c5oc(-c6ccccc6)nc5cc5oc6ccccc6c45)cc3)cccc21. The number of fused-ring (bicyclic) bond motifs is 8. The summed E-state index contributed by atoms with van der Waals surface area (Å²) in [5.74, 6) is 0.583. The highest BCUT2D eigenvalue weighted by Crippen LogP contribution is 2.54. The molecule has 0 aliphatic heterocycles. The Morgan fingerprint density at radius 1 is 0.467 bits per heavy atom. The molecule has 0 saturated heterocycles. The molecule has 4 nitrogen and oxygen atoms in total. The maximum Gasteiger partial charge on any atom is 0.227 e. The first-order chi connectivity index (χ1) is 29.5. The van der Waals surface area contributed by atoms with Gasteiger partial charge in [0.25, 0.3) is 0 Å². The van der Waals surface area contributed by atoms with Crippen molar-refractivity contribution in [3.8, 4) is 44.8 Å². The van der Waals surface area contributed by atoms with E-state index in [1.807, 2.05) is 48.5 Å². The number of rotatable bonds is 6. The van der Waals surface area contributed by atoms with Crippen LogP contribution in [0.2, 0.25) is 0 Å². The first kappa shape index (κ1) is 34.4. The predicted octanol–water partition coefficient (Wildman–Crippen LogP) is 15.7. The van der Waals surface area contributed by atoms with Crippen LogP contribution < -0.4 is 4.90 Å². The van der Waals surface area contributed by atoms with Crippen LogP contribution in [-0.4, -0.2) is 4.98 Å². The van der Waals surface area contributed by atoms with E-state index >= 15 is 0 Å². The van der Waals surface area contributed by atoms with Gasteiger partial charge < -0.3 is 13.7 Å². The molecule has 0 saturated carbocycles. The Morgan fingerprint density at radius 3 is 1.95 bits per heavy atom. The van der Waals surface area contributed by atoms with Crippen LogP contribution in [0.1, 0.15) is 25.0 Å². The van der Waals surface area contributed by atoms with Crippen molar-refractivity contribution in [2.24, 2.45) is 0 Å². The molecule has 2 heterocycles. The molecule has 1 aliphatic rings. The Balaban J connectivity index is 1.04. The van der Waals surface area contributed by atoms with Gasteiger partial charge in [0.1, 0.15) is 16.7 Å². The summed E-state index contributed by atoms with van der Waals surface area (Å²) in [5, 5.41) is 4.54. The van der Waals surface area contributed by atoms with Gasteiger partial charge in [-0.15, -0.1) is 0 Å². The predicted molar refractivity (Wildman–Crippen MR) is 247 cm³/mol. The average molecular weight is 771 g/mol. The van der Waals surface area contributed by atoms with Crippen molar-refractivity contribution in [2.45, 2.75) is 19.3 Å². The van der Waals surface area contributed by atoms with Gasteiger partial charge in [-0.2, -0.15) is 0 Å². The van der Waals surface area contributed by atoms with Crippen molar-refractivity contribution in [1.82, 2.24) is 4.98 Å². The quantitative estimate of drug-likeness (QED) is 0.169. The molecular weight excluding hydrogens is 733 g/mol. The minimum atomic E-state index is -0.134. The van der Waals surface area contributed by atoms with Gasteiger partial charge in [-0.3, -0.25) is 0 Å². The van der Waals surface area contributed by atoms with Crippen molar-refractivity contribution >= 4 is 60.9 Å². The van der Waals surface area contributed by atoms with Crippen LogP contribution in [0.3, 0.4) is 0 Å². The fourth-order valence-electron chi connectivity index (χ4n) is 9.55. The maximum absolute atomic E-state index is 6.69. The number of benzene rings is 9. The summed E-state index contributed by atoms with van der Waals surface area (Å²) in [6.45, 7) is 4.68. The van der Waals surface area contributed by atoms with E-state index in [2.05, 4.69) is 164 Å². The zero-order valence-corrected chi connectivity index (χ0v) is 33.2. The molecule has 0 bridgehead atoms. The third-order valence-electron chi connectivity index (χ3n) is 12.5. The third kappa shape index (κ3) is 5.27. The van der Waals surface area contributed by atoms with Crippen LogP contribution in [0.4, 0.5) is 17.1 Å². The van der Waals surface area contributed by atoms with Crippen molar-refractivity contribution in [3.05, 3.63) is 205 Å². The monoisotopic (exact) mass is 770 g/mol. The lowest BCUT2D eigenvalue weighted by Gasteiger charge is -2.29.